The van der Waals surface area contributed by atoms with E-state index < -0.39 is 11.9 Å². The molecule has 0 radical (unpaired) electrons. The molecule has 1 aliphatic rings. The largest absolute Gasteiger partial charge is 0.396 e. The van der Waals surface area contributed by atoms with Gasteiger partial charge in [0.05, 0.1) is 30.3 Å². The van der Waals surface area contributed by atoms with Gasteiger partial charge in [-0.15, -0.1) is 9.24 Å². The van der Waals surface area contributed by atoms with Crippen LogP contribution in [0.5, 0.6) is 0 Å². The zero-order chi connectivity index (χ0) is 18.1. The van der Waals surface area contributed by atoms with Crippen LogP contribution < -0.4 is 0 Å². The quantitative estimate of drug-likeness (QED) is 0.544. The Morgan fingerprint density at radius 1 is 1.25 bits per heavy atom. The minimum Gasteiger partial charge on any atom is -0.396 e. The normalized spacial score (nSPS) is 29.9. The number of rotatable bonds is 11. The molecule has 2 N–H and O–H groups in total. The molecular formula is C17H35O6P. The standard InChI is InChI=1S/C17H35O6P/c1-5-12(7-11(10-18)16(19)17(24)21-4)22-14-8-13(6-2)23-15(9-14)20-3/h11-19H,5-10,24H2,1-4H3/t11-,12?,13?,14?,15?,16+,17?/m1/s1. The highest BCUT2D eigenvalue weighted by molar-refractivity contribution is 7.17. The number of aliphatic hydroxyl groups is 2. The lowest BCUT2D eigenvalue weighted by atomic mass is 9.94. The number of ether oxygens (including phenoxy) is 4. The topological polar surface area (TPSA) is 77.4 Å². The van der Waals surface area contributed by atoms with Gasteiger partial charge in [-0.2, -0.15) is 0 Å². The molecule has 0 saturated carbocycles. The predicted molar refractivity (Wildman–Crippen MR) is 95.9 cm³/mol. The number of aliphatic hydroxyl groups excluding tert-OH is 2. The zero-order valence-electron chi connectivity index (χ0n) is 15.4. The zero-order valence-corrected chi connectivity index (χ0v) is 16.5. The third kappa shape index (κ3) is 6.83. The maximum Gasteiger partial charge on any atom is 0.160 e. The van der Waals surface area contributed by atoms with E-state index in [0.29, 0.717) is 12.8 Å². The van der Waals surface area contributed by atoms with E-state index in [1.54, 1.807) is 14.2 Å². The van der Waals surface area contributed by atoms with Crippen molar-refractivity contribution in [1.29, 1.82) is 0 Å². The van der Waals surface area contributed by atoms with E-state index in [0.717, 1.165) is 19.3 Å². The summed E-state index contributed by atoms with van der Waals surface area (Å²) >= 11 is 0. The summed E-state index contributed by atoms with van der Waals surface area (Å²) in [6.07, 6.45) is 3.13. The molecule has 6 unspecified atom stereocenters. The Morgan fingerprint density at radius 3 is 2.46 bits per heavy atom. The van der Waals surface area contributed by atoms with Gasteiger partial charge in [0.1, 0.15) is 0 Å². The van der Waals surface area contributed by atoms with Crippen molar-refractivity contribution in [2.75, 3.05) is 20.8 Å². The Kier molecular flexibility index (Phi) is 10.9. The number of hydrogen-bond acceptors (Lipinski definition) is 6. The van der Waals surface area contributed by atoms with E-state index in [-0.39, 0.29) is 37.1 Å². The Labute approximate surface area is 148 Å². The Morgan fingerprint density at radius 2 is 1.96 bits per heavy atom. The lowest BCUT2D eigenvalue weighted by molar-refractivity contribution is -0.219. The summed E-state index contributed by atoms with van der Waals surface area (Å²) in [6.45, 7) is 4.06. The molecule has 1 fully saturated rings. The maximum absolute atomic E-state index is 10.3. The van der Waals surface area contributed by atoms with Crippen LogP contribution in [0.15, 0.2) is 0 Å². The third-order valence-electron chi connectivity index (χ3n) is 4.78. The molecule has 7 heteroatoms. The van der Waals surface area contributed by atoms with E-state index in [4.69, 9.17) is 18.9 Å². The number of hydrogen-bond donors (Lipinski definition) is 2. The van der Waals surface area contributed by atoms with Gasteiger partial charge in [0.25, 0.3) is 0 Å². The van der Waals surface area contributed by atoms with E-state index in [1.165, 1.54) is 0 Å². The second-order valence-corrected chi connectivity index (χ2v) is 7.12. The fourth-order valence-corrected chi connectivity index (χ4v) is 3.43. The molecule has 144 valence electrons. The number of methoxy groups -OCH3 is 2. The van der Waals surface area contributed by atoms with Crippen molar-refractivity contribution in [2.24, 2.45) is 5.92 Å². The van der Waals surface area contributed by atoms with Crippen LogP contribution in [0.1, 0.15) is 46.0 Å². The molecule has 1 rings (SSSR count). The SMILES string of the molecule is CCC(C[C@H](CO)[C@H](O)C(P)OC)OC1CC(CC)OC(OC)C1. The average molecular weight is 366 g/mol. The minimum atomic E-state index is -0.743. The van der Waals surface area contributed by atoms with Gasteiger partial charge in [-0.3, -0.25) is 0 Å². The summed E-state index contributed by atoms with van der Waals surface area (Å²) in [7, 11) is 5.65. The van der Waals surface area contributed by atoms with Gasteiger partial charge in [0, 0.05) is 39.6 Å². The van der Waals surface area contributed by atoms with E-state index >= 15 is 0 Å². The van der Waals surface area contributed by atoms with Crippen LogP contribution in [-0.4, -0.2) is 67.6 Å². The lowest BCUT2D eigenvalue weighted by Gasteiger charge is -2.37. The Bertz CT molecular complexity index is 320. The molecule has 0 aromatic heterocycles. The predicted octanol–water partition coefficient (Wildman–Crippen LogP) is 1.92. The lowest BCUT2D eigenvalue weighted by Crippen LogP contribution is -2.41. The fourth-order valence-electron chi connectivity index (χ4n) is 3.11. The molecule has 1 saturated heterocycles. The third-order valence-corrected chi connectivity index (χ3v) is 5.44. The molecule has 0 aromatic rings. The molecule has 8 atom stereocenters. The van der Waals surface area contributed by atoms with E-state index in [9.17, 15) is 10.2 Å². The van der Waals surface area contributed by atoms with Crippen LogP contribution in [0, 0.1) is 5.92 Å². The van der Waals surface area contributed by atoms with Crippen molar-refractivity contribution >= 4 is 9.24 Å². The second-order valence-electron chi connectivity index (χ2n) is 6.46. The maximum atomic E-state index is 10.3. The van der Waals surface area contributed by atoms with Crippen molar-refractivity contribution in [3.05, 3.63) is 0 Å². The van der Waals surface area contributed by atoms with Crippen LogP contribution in [0.25, 0.3) is 0 Å². The van der Waals surface area contributed by atoms with Crippen molar-refractivity contribution in [3.63, 3.8) is 0 Å². The second kappa shape index (κ2) is 11.7. The summed E-state index contributed by atoms with van der Waals surface area (Å²) < 4.78 is 22.6. The summed E-state index contributed by atoms with van der Waals surface area (Å²) in [5.41, 5.74) is 0. The van der Waals surface area contributed by atoms with Crippen LogP contribution in [0.2, 0.25) is 0 Å². The van der Waals surface area contributed by atoms with Crippen molar-refractivity contribution in [1.82, 2.24) is 0 Å². The summed E-state index contributed by atoms with van der Waals surface area (Å²) in [6, 6.07) is 0. The van der Waals surface area contributed by atoms with E-state index in [1.807, 2.05) is 0 Å². The first kappa shape index (κ1) is 22.2. The molecule has 0 aromatic carbocycles. The van der Waals surface area contributed by atoms with Gasteiger partial charge in [0.15, 0.2) is 6.29 Å². The van der Waals surface area contributed by atoms with Crippen LogP contribution in [0.3, 0.4) is 0 Å². The molecule has 1 heterocycles. The van der Waals surface area contributed by atoms with Gasteiger partial charge in [-0.05, 0) is 19.3 Å². The molecule has 24 heavy (non-hydrogen) atoms. The molecule has 0 spiro atoms. The summed E-state index contributed by atoms with van der Waals surface area (Å²) in [5.74, 6) is -0.678. The molecule has 0 bridgehead atoms. The van der Waals surface area contributed by atoms with Crippen molar-refractivity contribution in [2.45, 2.75) is 82.5 Å². The average Bonchev–Trinajstić information content (AvgIpc) is 2.63. The fraction of sp³-hybridized carbons (Fsp3) is 1.00. The smallest absolute Gasteiger partial charge is 0.160 e. The van der Waals surface area contributed by atoms with Crippen LogP contribution >= 0.6 is 9.24 Å². The molecule has 0 amide bonds. The van der Waals surface area contributed by atoms with Crippen LogP contribution in [-0.2, 0) is 18.9 Å². The summed E-state index contributed by atoms with van der Waals surface area (Å²) in [4.78, 5) is 0. The highest BCUT2D eigenvalue weighted by Gasteiger charge is 2.32. The van der Waals surface area contributed by atoms with Gasteiger partial charge < -0.3 is 29.2 Å². The molecule has 1 aliphatic heterocycles. The Hall–Kier alpha value is 0.190. The highest BCUT2D eigenvalue weighted by Crippen LogP contribution is 2.28. The summed E-state index contributed by atoms with van der Waals surface area (Å²) in [5, 5.41) is 19.9. The molecule has 0 aliphatic carbocycles. The minimum absolute atomic E-state index is 0.0241. The molecular weight excluding hydrogens is 331 g/mol. The first-order valence-electron chi connectivity index (χ1n) is 8.89. The Balaban J connectivity index is 2.61. The van der Waals surface area contributed by atoms with Crippen molar-refractivity contribution in [3.8, 4) is 0 Å². The van der Waals surface area contributed by atoms with Gasteiger partial charge in [-0.25, -0.2) is 0 Å². The first-order valence-corrected chi connectivity index (χ1v) is 9.56. The highest BCUT2D eigenvalue weighted by atomic mass is 31.0. The first-order chi connectivity index (χ1) is 11.5. The molecule has 6 nitrogen and oxygen atoms in total. The van der Waals surface area contributed by atoms with Gasteiger partial charge in [0.2, 0.25) is 0 Å². The van der Waals surface area contributed by atoms with Gasteiger partial charge >= 0.3 is 0 Å². The van der Waals surface area contributed by atoms with Crippen LogP contribution in [0.4, 0.5) is 0 Å². The van der Waals surface area contributed by atoms with Gasteiger partial charge in [-0.1, -0.05) is 13.8 Å². The monoisotopic (exact) mass is 366 g/mol. The van der Waals surface area contributed by atoms with Crippen molar-refractivity contribution < 1.29 is 29.2 Å². The van der Waals surface area contributed by atoms with E-state index in [2.05, 4.69) is 23.1 Å².